The van der Waals surface area contributed by atoms with Crippen molar-refractivity contribution in [3.05, 3.63) is 23.8 Å². The molecule has 0 aliphatic carbocycles. The molecule has 0 spiro atoms. The second-order valence-corrected chi connectivity index (χ2v) is 8.25. The molecule has 1 aromatic rings. The van der Waals surface area contributed by atoms with Crippen molar-refractivity contribution in [2.75, 3.05) is 11.4 Å². The van der Waals surface area contributed by atoms with Gasteiger partial charge < -0.3 is 4.90 Å². The number of hydrogen-bond acceptors (Lipinski definition) is 3. The van der Waals surface area contributed by atoms with Crippen LogP contribution in [0.25, 0.3) is 0 Å². The van der Waals surface area contributed by atoms with Gasteiger partial charge in [-0.1, -0.05) is 20.8 Å². The normalized spacial score (nSPS) is 15.5. The minimum atomic E-state index is -3.72. The second kappa shape index (κ2) is 4.49. The molecule has 19 heavy (non-hydrogen) atoms. The van der Waals surface area contributed by atoms with E-state index in [9.17, 15) is 13.2 Å². The molecule has 2 rings (SSSR count). The van der Waals surface area contributed by atoms with Crippen LogP contribution in [0.4, 0.5) is 5.69 Å². The number of hydrogen-bond donors (Lipinski definition) is 0. The van der Waals surface area contributed by atoms with E-state index in [4.69, 9.17) is 10.7 Å². The van der Waals surface area contributed by atoms with Crippen molar-refractivity contribution < 1.29 is 13.2 Å². The van der Waals surface area contributed by atoms with E-state index in [2.05, 4.69) is 0 Å². The summed E-state index contributed by atoms with van der Waals surface area (Å²) in [6.45, 7) is 6.18. The van der Waals surface area contributed by atoms with Gasteiger partial charge in [0.15, 0.2) is 0 Å². The lowest BCUT2D eigenvalue weighted by molar-refractivity contribution is -0.125. The predicted molar refractivity (Wildman–Crippen MR) is 75.0 cm³/mol. The summed E-state index contributed by atoms with van der Waals surface area (Å²) in [4.78, 5) is 14.1. The Balaban J connectivity index is 2.41. The summed E-state index contributed by atoms with van der Waals surface area (Å²) in [5.74, 6) is 0.0349. The second-order valence-electron chi connectivity index (χ2n) is 5.69. The number of halogens is 1. The number of carbonyl (C=O) groups is 1. The maximum absolute atomic E-state index is 12.3. The van der Waals surface area contributed by atoms with Gasteiger partial charge in [-0.05, 0) is 30.2 Å². The quantitative estimate of drug-likeness (QED) is 0.749. The molecule has 0 saturated carbocycles. The predicted octanol–water partition coefficient (Wildman–Crippen LogP) is 2.55. The van der Waals surface area contributed by atoms with Crippen molar-refractivity contribution >= 4 is 31.3 Å². The molecular weight excluding hydrogens is 286 g/mol. The molecule has 0 unspecified atom stereocenters. The molecule has 1 amide bonds. The Bertz CT molecular complexity index is 632. The smallest absolute Gasteiger partial charge is 0.261 e. The number of benzene rings is 1. The van der Waals surface area contributed by atoms with Gasteiger partial charge in [-0.2, -0.15) is 0 Å². The van der Waals surface area contributed by atoms with Crippen molar-refractivity contribution in [2.24, 2.45) is 5.41 Å². The fraction of sp³-hybridized carbons (Fsp3) is 0.462. The first-order valence-corrected chi connectivity index (χ1v) is 8.31. The third-order valence-electron chi connectivity index (χ3n) is 3.11. The fourth-order valence-corrected chi connectivity index (χ4v) is 2.95. The number of nitrogens with zero attached hydrogens (tertiary/aromatic N) is 1. The van der Waals surface area contributed by atoms with Gasteiger partial charge in [-0.25, -0.2) is 8.42 Å². The maximum atomic E-state index is 12.3. The van der Waals surface area contributed by atoms with Crippen LogP contribution >= 0.6 is 10.7 Å². The van der Waals surface area contributed by atoms with Crippen molar-refractivity contribution in [1.29, 1.82) is 0 Å². The summed E-state index contributed by atoms with van der Waals surface area (Å²) in [6.07, 6.45) is 0.650. The van der Waals surface area contributed by atoms with Gasteiger partial charge in [0, 0.05) is 28.3 Å². The Morgan fingerprint density at radius 1 is 1.32 bits per heavy atom. The topological polar surface area (TPSA) is 54.5 Å². The van der Waals surface area contributed by atoms with Gasteiger partial charge in [-0.15, -0.1) is 0 Å². The lowest BCUT2D eigenvalue weighted by Crippen LogP contribution is -2.38. The maximum Gasteiger partial charge on any atom is 0.261 e. The molecule has 0 aromatic heterocycles. The average Bonchev–Trinajstić information content (AvgIpc) is 2.67. The molecular formula is C13H16ClNO3S. The first kappa shape index (κ1) is 14.3. The monoisotopic (exact) mass is 301 g/mol. The Kier molecular flexibility index (Phi) is 3.39. The summed E-state index contributed by atoms with van der Waals surface area (Å²) < 4.78 is 22.6. The van der Waals surface area contributed by atoms with E-state index < -0.39 is 14.5 Å². The van der Waals surface area contributed by atoms with E-state index in [-0.39, 0.29) is 10.8 Å². The van der Waals surface area contributed by atoms with Crippen molar-refractivity contribution in [1.82, 2.24) is 0 Å². The molecule has 1 aliphatic rings. The highest BCUT2D eigenvalue weighted by Gasteiger charge is 2.32. The highest BCUT2D eigenvalue weighted by atomic mass is 35.7. The average molecular weight is 302 g/mol. The van der Waals surface area contributed by atoms with Crippen molar-refractivity contribution in [3.63, 3.8) is 0 Å². The van der Waals surface area contributed by atoms with Crippen LogP contribution in [0.3, 0.4) is 0 Å². The number of amides is 1. The van der Waals surface area contributed by atoms with E-state index in [1.807, 2.05) is 20.8 Å². The molecule has 1 heterocycles. The highest BCUT2D eigenvalue weighted by molar-refractivity contribution is 8.13. The zero-order valence-corrected chi connectivity index (χ0v) is 12.7. The van der Waals surface area contributed by atoms with Crippen LogP contribution in [0, 0.1) is 5.41 Å². The van der Waals surface area contributed by atoms with Gasteiger partial charge in [0.25, 0.3) is 9.05 Å². The Labute approximate surface area is 117 Å². The van der Waals surface area contributed by atoms with Crippen molar-refractivity contribution in [3.8, 4) is 0 Å². The van der Waals surface area contributed by atoms with Crippen LogP contribution in [-0.2, 0) is 20.3 Å². The van der Waals surface area contributed by atoms with E-state index >= 15 is 0 Å². The molecule has 6 heteroatoms. The molecule has 0 saturated heterocycles. The molecule has 0 radical (unpaired) electrons. The third-order valence-corrected chi connectivity index (χ3v) is 4.47. The van der Waals surface area contributed by atoms with E-state index in [1.165, 1.54) is 6.07 Å². The molecule has 1 aromatic carbocycles. The van der Waals surface area contributed by atoms with Crippen molar-refractivity contribution in [2.45, 2.75) is 32.1 Å². The first-order chi connectivity index (χ1) is 8.60. The standard InChI is InChI=1S/C13H16ClNO3S/c1-13(2,3)12(16)15-7-6-9-8-10(19(14,17)18)4-5-11(9)15/h4-5,8H,6-7H2,1-3H3. The van der Waals surface area contributed by atoms with Gasteiger partial charge in [0.1, 0.15) is 0 Å². The molecule has 0 bridgehead atoms. The molecule has 104 valence electrons. The van der Waals surface area contributed by atoms with E-state index in [0.29, 0.717) is 13.0 Å². The van der Waals surface area contributed by atoms with E-state index in [1.54, 1.807) is 17.0 Å². The third kappa shape index (κ3) is 2.77. The van der Waals surface area contributed by atoms with Gasteiger partial charge >= 0.3 is 0 Å². The largest absolute Gasteiger partial charge is 0.311 e. The Morgan fingerprint density at radius 2 is 1.95 bits per heavy atom. The van der Waals surface area contributed by atoms with Crippen LogP contribution in [-0.4, -0.2) is 20.9 Å². The summed E-state index contributed by atoms with van der Waals surface area (Å²) in [7, 11) is 1.60. The van der Waals surface area contributed by atoms with Gasteiger partial charge in [0.2, 0.25) is 5.91 Å². The number of fused-ring (bicyclic) bond motifs is 1. The first-order valence-electron chi connectivity index (χ1n) is 6.00. The van der Waals surface area contributed by atoms with Crippen LogP contribution in [0.2, 0.25) is 0 Å². The zero-order valence-electron chi connectivity index (χ0n) is 11.1. The van der Waals surface area contributed by atoms with Crippen LogP contribution in [0.5, 0.6) is 0 Å². The SMILES string of the molecule is CC(C)(C)C(=O)N1CCc2cc(S(=O)(=O)Cl)ccc21. The lowest BCUT2D eigenvalue weighted by atomic mass is 9.95. The molecule has 0 atom stereocenters. The summed E-state index contributed by atoms with van der Waals surface area (Å²) in [5.41, 5.74) is 1.17. The number of rotatable bonds is 1. The minimum absolute atomic E-state index is 0.0349. The lowest BCUT2D eigenvalue weighted by Gasteiger charge is -2.26. The molecule has 0 N–H and O–H groups in total. The van der Waals surface area contributed by atoms with Crippen LogP contribution in [0.15, 0.2) is 23.1 Å². The molecule has 0 fully saturated rings. The summed E-state index contributed by atoms with van der Waals surface area (Å²) >= 11 is 0. The highest BCUT2D eigenvalue weighted by Crippen LogP contribution is 2.33. The number of anilines is 1. The van der Waals surface area contributed by atoms with Gasteiger partial charge in [-0.3, -0.25) is 4.79 Å². The fourth-order valence-electron chi connectivity index (χ4n) is 2.15. The number of carbonyl (C=O) groups excluding carboxylic acids is 1. The Morgan fingerprint density at radius 3 is 2.47 bits per heavy atom. The molecule has 4 nitrogen and oxygen atoms in total. The summed E-state index contributed by atoms with van der Waals surface area (Å²) in [6, 6.07) is 4.64. The van der Waals surface area contributed by atoms with E-state index in [0.717, 1.165) is 11.3 Å². The molecule has 1 aliphatic heterocycles. The van der Waals surface area contributed by atoms with Gasteiger partial charge in [0.05, 0.1) is 4.90 Å². The summed E-state index contributed by atoms with van der Waals surface area (Å²) in [5, 5.41) is 0. The Hall–Kier alpha value is -1.07. The van der Waals surface area contributed by atoms with Crippen LogP contribution < -0.4 is 4.90 Å². The minimum Gasteiger partial charge on any atom is -0.311 e. The zero-order chi connectivity index (χ0) is 14.4. The van der Waals surface area contributed by atoms with Crippen LogP contribution in [0.1, 0.15) is 26.3 Å².